The fourth-order valence-electron chi connectivity index (χ4n) is 2.90. The molecule has 134 valence electrons. The first-order chi connectivity index (χ1) is 12.6. The Morgan fingerprint density at radius 1 is 1.31 bits per heavy atom. The molecule has 10 nitrogen and oxygen atoms in total. The van der Waals surface area contributed by atoms with E-state index in [9.17, 15) is 9.59 Å². The van der Waals surface area contributed by atoms with Crippen molar-refractivity contribution in [2.24, 2.45) is 5.92 Å². The molecular formula is C16H17N7O3. The van der Waals surface area contributed by atoms with Crippen molar-refractivity contribution in [3.63, 3.8) is 0 Å². The molecule has 0 saturated carbocycles. The number of imide groups is 1. The predicted molar refractivity (Wildman–Crippen MR) is 91.0 cm³/mol. The maximum absolute atomic E-state index is 12.4. The Hall–Kier alpha value is -3.27. The largest absolute Gasteiger partial charge is 0.461 e. The van der Waals surface area contributed by atoms with E-state index in [2.05, 4.69) is 25.7 Å². The summed E-state index contributed by atoms with van der Waals surface area (Å²) in [5.74, 6) is -0.293. The van der Waals surface area contributed by atoms with Crippen LogP contribution < -0.4 is 16.4 Å². The number of nitrogen functional groups attached to an aromatic ring is 1. The molecule has 1 aliphatic rings. The topological polar surface area (TPSA) is 140 Å². The minimum atomic E-state index is -0.606. The molecule has 3 aromatic heterocycles. The standard InChI is InChI=1S/C16H17N7O3/c17-16-19-10(15(25)21-14(24)9-3-5-18-6-4-9)8-12-20-13(22-23(12)16)11-2-1-7-26-11/h1-2,7-9,18H,3-6H2,(H2,17,19)(H,21,24,25). The zero-order valence-corrected chi connectivity index (χ0v) is 13.8. The third-order valence-corrected chi connectivity index (χ3v) is 4.27. The molecule has 3 aromatic rings. The van der Waals surface area contributed by atoms with Crippen LogP contribution in [0.25, 0.3) is 17.2 Å². The summed E-state index contributed by atoms with van der Waals surface area (Å²) in [5, 5.41) is 9.78. The summed E-state index contributed by atoms with van der Waals surface area (Å²) in [7, 11) is 0. The lowest BCUT2D eigenvalue weighted by Crippen LogP contribution is -2.41. The quantitative estimate of drug-likeness (QED) is 0.567. The smallest absolute Gasteiger partial charge is 0.276 e. The zero-order valence-electron chi connectivity index (χ0n) is 13.8. The normalized spacial score (nSPS) is 15.2. The molecule has 0 spiro atoms. The lowest BCUT2D eigenvalue weighted by atomic mass is 9.97. The van der Waals surface area contributed by atoms with Crippen LogP contribution in [0.4, 0.5) is 5.95 Å². The predicted octanol–water partition coefficient (Wildman–Crippen LogP) is 0.222. The van der Waals surface area contributed by atoms with E-state index in [1.165, 1.54) is 16.8 Å². The minimum Gasteiger partial charge on any atom is -0.461 e. The molecule has 4 heterocycles. The zero-order chi connectivity index (χ0) is 18.1. The molecule has 4 N–H and O–H groups in total. The second kappa shape index (κ2) is 6.56. The molecule has 1 fully saturated rings. The molecule has 0 atom stereocenters. The Bertz CT molecular complexity index is 958. The fourth-order valence-corrected chi connectivity index (χ4v) is 2.90. The minimum absolute atomic E-state index is 0.00716. The van der Waals surface area contributed by atoms with E-state index < -0.39 is 5.91 Å². The maximum atomic E-state index is 12.4. The molecule has 0 radical (unpaired) electrons. The summed E-state index contributed by atoms with van der Waals surface area (Å²) in [6.07, 6.45) is 2.91. The SMILES string of the molecule is Nc1nc(C(=O)NC(=O)C2CCNCC2)cc2nc(-c3ccco3)nn12. The molecule has 10 heteroatoms. The van der Waals surface area contributed by atoms with E-state index in [0.29, 0.717) is 30.1 Å². The number of nitrogens with one attached hydrogen (secondary N) is 2. The second-order valence-electron chi connectivity index (χ2n) is 6.02. The fraction of sp³-hybridized carbons (Fsp3) is 0.312. The number of aromatic nitrogens is 4. The van der Waals surface area contributed by atoms with Crippen LogP contribution >= 0.6 is 0 Å². The van der Waals surface area contributed by atoms with Gasteiger partial charge in [0.05, 0.1) is 6.26 Å². The third-order valence-electron chi connectivity index (χ3n) is 4.27. The molecule has 0 unspecified atom stereocenters. The number of carbonyl (C=O) groups is 2. The van der Waals surface area contributed by atoms with Crippen LogP contribution in [-0.4, -0.2) is 44.5 Å². The first-order valence-corrected chi connectivity index (χ1v) is 8.25. The Balaban J connectivity index is 1.58. The van der Waals surface area contributed by atoms with Crippen molar-refractivity contribution < 1.29 is 14.0 Å². The van der Waals surface area contributed by atoms with Crippen LogP contribution in [0.15, 0.2) is 28.9 Å². The number of carbonyl (C=O) groups excluding carboxylic acids is 2. The van der Waals surface area contributed by atoms with Gasteiger partial charge in [-0.1, -0.05) is 0 Å². The highest BCUT2D eigenvalue weighted by Gasteiger charge is 2.24. The molecule has 0 bridgehead atoms. The first kappa shape index (κ1) is 16.2. The van der Waals surface area contributed by atoms with Gasteiger partial charge in [-0.3, -0.25) is 14.9 Å². The van der Waals surface area contributed by atoms with Crippen LogP contribution in [0.5, 0.6) is 0 Å². The molecule has 0 aromatic carbocycles. The average molecular weight is 355 g/mol. The molecule has 1 saturated heterocycles. The number of rotatable bonds is 3. The van der Waals surface area contributed by atoms with Gasteiger partial charge >= 0.3 is 0 Å². The molecule has 4 rings (SSSR count). The van der Waals surface area contributed by atoms with E-state index in [0.717, 1.165) is 13.1 Å². The Morgan fingerprint density at radius 3 is 2.85 bits per heavy atom. The summed E-state index contributed by atoms with van der Waals surface area (Å²) in [6, 6.07) is 4.86. The Labute approximate surface area is 147 Å². The molecule has 1 aliphatic heterocycles. The highest BCUT2D eigenvalue weighted by Crippen LogP contribution is 2.18. The van der Waals surface area contributed by atoms with Crippen molar-refractivity contribution >= 4 is 23.4 Å². The lowest BCUT2D eigenvalue weighted by molar-refractivity contribution is -0.124. The van der Waals surface area contributed by atoms with Gasteiger partial charge in [-0.25, -0.2) is 9.97 Å². The third kappa shape index (κ3) is 3.02. The van der Waals surface area contributed by atoms with Crippen LogP contribution in [0.1, 0.15) is 23.3 Å². The van der Waals surface area contributed by atoms with Gasteiger partial charge in [0.1, 0.15) is 5.69 Å². The van der Waals surface area contributed by atoms with Gasteiger partial charge < -0.3 is 15.5 Å². The van der Waals surface area contributed by atoms with Crippen molar-refractivity contribution in [3.8, 4) is 11.6 Å². The lowest BCUT2D eigenvalue weighted by Gasteiger charge is -2.21. The summed E-state index contributed by atoms with van der Waals surface area (Å²) in [6.45, 7) is 1.53. The Kier molecular flexibility index (Phi) is 4.09. The number of hydrogen-bond donors (Lipinski definition) is 3. The molecule has 26 heavy (non-hydrogen) atoms. The number of hydrogen-bond acceptors (Lipinski definition) is 8. The average Bonchev–Trinajstić information content (AvgIpc) is 3.31. The summed E-state index contributed by atoms with van der Waals surface area (Å²) in [4.78, 5) is 32.9. The number of nitrogens with zero attached hydrogens (tertiary/aromatic N) is 4. The number of fused-ring (bicyclic) bond motifs is 1. The highest BCUT2D eigenvalue weighted by molar-refractivity contribution is 6.04. The van der Waals surface area contributed by atoms with E-state index >= 15 is 0 Å². The molecular weight excluding hydrogens is 338 g/mol. The van der Waals surface area contributed by atoms with Gasteiger partial charge in [0, 0.05) is 12.0 Å². The van der Waals surface area contributed by atoms with Crippen LogP contribution in [0, 0.1) is 5.92 Å². The molecule has 2 amide bonds. The summed E-state index contributed by atoms with van der Waals surface area (Å²) < 4.78 is 6.57. The van der Waals surface area contributed by atoms with Crippen LogP contribution in [0.2, 0.25) is 0 Å². The van der Waals surface area contributed by atoms with Crippen molar-refractivity contribution in [1.82, 2.24) is 30.2 Å². The summed E-state index contributed by atoms with van der Waals surface area (Å²) in [5.41, 5.74) is 6.23. The molecule has 0 aliphatic carbocycles. The number of nitrogens with two attached hydrogens (primary N) is 1. The van der Waals surface area contributed by atoms with E-state index in [1.807, 2.05) is 0 Å². The number of piperidine rings is 1. The van der Waals surface area contributed by atoms with E-state index in [1.54, 1.807) is 12.1 Å². The first-order valence-electron chi connectivity index (χ1n) is 8.25. The van der Waals surface area contributed by atoms with Gasteiger partial charge in [0.15, 0.2) is 11.4 Å². The van der Waals surface area contributed by atoms with Gasteiger partial charge in [0.25, 0.3) is 5.91 Å². The monoisotopic (exact) mass is 355 g/mol. The van der Waals surface area contributed by atoms with Crippen molar-refractivity contribution in [2.75, 3.05) is 18.8 Å². The Morgan fingerprint density at radius 2 is 2.12 bits per heavy atom. The van der Waals surface area contributed by atoms with Gasteiger partial charge in [0.2, 0.25) is 17.7 Å². The van der Waals surface area contributed by atoms with Gasteiger partial charge in [-0.15, -0.1) is 5.10 Å². The second-order valence-corrected chi connectivity index (χ2v) is 6.02. The van der Waals surface area contributed by atoms with Crippen molar-refractivity contribution in [3.05, 3.63) is 30.2 Å². The number of anilines is 1. The van der Waals surface area contributed by atoms with Gasteiger partial charge in [-0.05, 0) is 38.1 Å². The maximum Gasteiger partial charge on any atom is 0.276 e. The van der Waals surface area contributed by atoms with E-state index in [-0.39, 0.29) is 23.5 Å². The van der Waals surface area contributed by atoms with Gasteiger partial charge in [-0.2, -0.15) is 4.52 Å². The van der Waals surface area contributed by atoms with Crippen LogP contribution in [0.3, 0.4) is 0 Å². The summed E-state index contributed by atoms with van der Waals surface area (Å²) >= 11 is 0. The number of amides is 2. The van der Waals surface area contributed by atoms with E-state index in [4.69, 9.17) is 10.2 Å². The highest BCUT2D eigenvalue weighted by atomic mass is 16.3. The van der Waals surface area contributed by atoms with Crippen LogP contribution in [-0.2, 0) is 4.79 Å². The number of furan rings is 1. The van der Waals surface area contributed by atoms with Crippen molar-refractivity contribution in [2.45, 2.75) is 12.8 Å². The van der Waals surface area contributed by atoms with Crippen molar-refractivity contribution in [1.29, 1.82) is 0 Å².